The number of carbonyl (C=O) groups is 2. The fourth-order valence-corrected chi connectivity index (χ4v) is 3.03. The lowest BCUT2D eigenvalue weighted by Gasteiger charge is -2.19. The number of esters is 1. The zero-order valence-electron chi connectivity index (χ0n) is 15.3. The summed E-state index contributed by atoms with van der Waals surface area (Å²) in [5, 5.41) is 4.90. The molecule has 1 N–H and O–H groups in total. The van der Waals surface area contributed by atoms with Gasteiger partial charge in [-0.15, -0.1) is 0 Å². The highest BCUT2D eigenvalue weighted by atomic mass is 16.6. The normalized spacial score (nSPS) is 13.7. The van der Waals surface area contributed by atoms with E-state index in [1.807, 2.05) is 66.7 Å². The summed E-state index contributed by atoms with van der Waals surface area (Å²) in [7, 11) is 0. The van der Waals surface area contributed by atoms with Crippen molar-refractivity contribution in [2.75, 3.05) is 11.9 Å². The third-order valence-electron chi connectivity index (χ3n) is 4.56. The maximum atomic E-state index is 12.4. The number of anilines is 1. The first-order valence-electron chi connectivity index (χ1n) is 9.03. The highest BCUT2D eigenvalue weighted by Gasteiger charge is 2.23. The number of fused-ring (bicyclic) bond motifs is 2. The Labute approximate surface area is 162 Å². The molecule has 0 radical (unpaired) electrons. The van der Waals surface area contributed by atoms with E-state index in [1.165, 1.54) is 0 Å². The second-order valence-corrected chi connectivity index (χ2v) is 6.59. The minimum absolute atomic E-state index is 0.120. The highest BCUT2D eigenvalue weighted by molar-refractivity contribution is 6.00. The Morgan fingerprint density at radius 2 is 1.75 bits per heavy atom. The zero-order valence-corrected chi connectivity index (χ0v) is 15.3. The van der Waals surface area contributed by atoms with E-state index >= 15 is 0 Å². The number of amides is 1. The summed E-state index contributed by atoms with van der Waals surface area (Å²) in [5.74, 6) is -0.224. The Morgan fingerprint density at radius 1 is 1.00 bits per heavy atom. The monoisotopic (exact) mass is 373 g/mol. The number of rotatable bonds is 4. The van der Waals surface area contributed by atoms with Crippen LogP contribution in [0, 0.1) is 0 Å². The molecular weight excluding hydrogens is 354 g/mol. The molecule has 1 aliphatic rings. The van der Waals surface area contributed by atoms with Crippen molar-refractivity contribution in [2.24, 2.45) is 0 Å². The van der Waals surface area contributed by atoms with Crippen LogP contribution in [0.2, 0.25) is 0 Å². The molecule has 140 valence electrons. The smallest absolute Gasteiger partial charge is 0.338 e. The average molecular weight is 373 g/mol. The van der Waals surface area contributed by atoms with Gasteiger partial charge in [-0.1, -0.05) is 48.5 Å². The van der Waals surface area contributed by atoms with E-state index in [1.54, 1.807) is 13.0 Å². The van der Waals surface area contributed by atoms with Gasteiger partial charge in [0.25, 0.3) is 5.91 Å². The van der Waals surface area contributed by atoms with Gasteiger partial charge in [0.15, 0.2) is 6.10 Å². The predicted molar refractivity (Wildman–Crippen MR) is 108 cm³/mol. The Balaban J connectivity index is 1.41. The number of hydrogen-bond acceptors (Lipinski definition) is 4. The number of ether oxygens (including phenoxy) is 2. The van der Waals surface area contributed by atoms with E-state index in [9.17, 15) is 9.59 Å². The van der Waals surface area contributed by atoms with Crippen molar-refractivity contribution in [1.29, 1.82) is 0 Å². The maximum Gasteiger partial charge on any atom is 0.338 e. The van der Waals surface area contributed by atoms with Gasteiger partial charge in [-0.25, -0.2) is 4.79 Å². The topological polar surface area (TPSA) is 64.6 Å². The van der Waals surface area contributed by atoms with Crippen molar-refractivity contribution >= 4 is 34.4 Å². The Morgan fingerprint density at radius 3 is 2.61 bits per heavy atom. The van der Waals surface area contributed by atoms with Gasteiger partial charge in [-0.2, -0.15) is 0 Å². The van der Waals surface area contributed by atoms with Crippen molar-refractivity contribution < 1.29 is 19.1 Å². The quantitative estimate of drug-likeness (QED) is 0.697. The third-order valence-corrected chi connectivity index (χ3v) is 4.56. The molecule has 1 amide bonds. The summed E-state index contributed by atoms with van der Waals surface area (Å²) in [6, 6.07) is 21.0. The standard InChI is InChI=1S/C23H19NO4/c1-15(22(25)24-20-11-10-16-6-2-3-7-17(16)13-20)28-23(26)19-12-18-8-4-5-9-21(18)27-14-19/h2-13,15H,14H2,1H3,(H,24,25)/t15-/m0/s1. The van der Waals surface area contributed by atoms with E-state index in [-0.39, 0.29) is 12.5 Å². The van der Waals surface area contributed by atoms with Crippen molar-refractivity contribution in [1.82, 2.24) is 0 Å². The second-order valence-electron chi connectivity index (χ2n) is 6.59. The van der Waals surface area contributed by atoms with Gasteiger partial charge in [-0.3, -0.25) is 4.79 Å². The summed E-state index contributed by atoms with van der Waals surface area (Å²) >= 11 is 0. The van der Waals surface area contributed by atoms with Gasteiger partial charge in [-0.05, 0) is 42.0 Å². The molecule has 5 heteroatoms. The molecular formula is C23H19NO4. The SMILES string of the molecule is C[C@H](OC(=O)C1=Cc2ccccc2OC1)C(=O)Nc1ccc2ccccc2c1. The number of hydrogen-bond donors (Lipinski definition) is 1. The van der Waals surface area contributed by atoms with Crippen LogP contribution >= 0.6 is 0 Å². The highest BCUT2D eigenvalue weighted by Crippen LogP contribution is 2.26. The Bertz CT molecular complexity index is 1090. The molecule has 0 unspecified atom stereocenters. The molecule has 0 aliphatic carbocycles. The van der Waals surface area contributed by atoms with Crippen LogP contribution in [0.1, 0.15) is 12.5 Å². The van der Waals surface area contributed by atoms with Gasteiger partial charge in [0, 0.05) is 11.3 Å². The Kier molecular flexibility index (Phi) is 4.81. The maximum absolute atomic E-state index is 12.4. The van der Waals surface area contributed by atoms with Crippen LogP contribution in [0.3, 0.4) is 0 Å². The first kappa shape index (κ1) is 17.8. The lowest BCUT2D eigenvalue weighted by atomic mass is 10.1. The predicted octanol–water partition coefficient (Wildman–Crippen LogP) is 4.19. The molecule has 0 spiro atoms. The number of carbonyl (C=O) groups excluding carboxylic acids is 2. The molecule has 1 heterocycles. The molecule has 3 aromatic carbocycles. The largest absolute Gasteiger partial charge is 0.488 e. The van der Waals surface area contributed by atoms with Crippen molar-refractivity contribution in [3.63, 3.8) is 0 Å². The second kappa shape index (κ2) is 7.56. The lowest BCUT2D eigenvalue weighted by molar-refractivity contribution is -0.149. The first-order valence-corrected chi connectivity index (χ1v) is 9.03. The molecule has 0 saturated heterocycles. The van der Waals surface area contributed by atoms with Crippen LogP contribution in [0.5, 0.6) is 5.75 Å². The molecule has 4 rings (SSSR count). The van der Waals surface area contributed by atoms with E-state index in [0.717, 1.165) is 22.1 Å². The Hall–Kier alpha value is -3.60. The van der Waals surface area contributed by atoms with Gasteiger partial charge >= 0.3 is 5.97 Å². The molecule has 1 atom stereocenters. The molecule has 0 bridgehead atoms. The fraction of sp³-hybridized carbons (Fsp3) is 0.130. The van der Waals surface area contributed by atoms with Gasteiger partial charge in [0.1, 0.15) is 12.4 Å². The van der Waals surface area contributed by atoms with Crippen LogP contribution in [-0.2, 0) is 14.3 Å². The molecule has 0 fully saturated rings. The van der Waals surface area contributed by atoms with E-state index in [2.05, 4.69) is 5.32 Å². The summed E-state index contributed by atoms with van der Waals surface area (Å²) < 4.78 is 10.9. The van der Waals surface area contributed by atoms with Gasteiger partial charge < -0.3 is 14.8 Å². The minimum atomic E-state index is -0.933. The van der Waals surface area contributed by atoms with Crippen LogP contribution in [0.25, 0.3) is 16.8 Å². The van der Waals surface area contributed by atoms with Crippen LogP contribution in [0.15, 0.2) is 72.3 Å². The van der Waals surface area contributed by atoms with Crippen LogP contribution < -0.4 is 10.1 Å². The van der Waals surface area contributed by atoms with E-state index in [4.69, 9.17) is 9.47 Å². The summed E-state index contributed by atoms with van der Waals surface area (Å²) in [5.41, 5.74) is 1.85. The van der Waals surface area contributed by atoms with Gasteiger partial charge in [0.05, 0.1) is 5.57 Å². The summed E-state index contributed by atoms with van der Waals surface area (Å²) in [6.07, 6.45) is 0.798. The molecule has 0 aromatic heterocycles. The van der Waals surface area contributed by atoms with E-state index in [0.29, 0.717) is 11.3 Å². The fourth-order valence-electron chi connectivity index (χ4n) is 3.03. The first-order chi connectivity index (χ1) is 13.6. The van der Waals surface area contributed by atoms with Crippen molar-refractivity contribution in [3.8, 4) is 5.75 Å². The van der Waals surface area contributed by atoms with Crippen LogP contribution in [-0.4, -0.2) is 24.6 Å². The number of para-hydroxylation sites is 1. The number of nitrogens with one attached hydrogen (secondary N) is 1. The molecule has 5 nitrogen and oxygen atoms in total. The number of benzene rings is 3. The van der Waals surface area contributed by atoms with Crippen LogP contribution in [0.4, 0.5) is 5.69 Å². The van der Waals surface area contributed by atoms with Crippen molar-refractivity contribution in [3.05, 3.63) is 77.9 Å². The molecule has 1 aliphatic heterocycles. The summed E-state index contributed by atoms with van der Waals surface area (Å²) in [4.78, 5) is 24.8. The molecule has 28 heavy (non-hydrogen) atoms. The van der Waals surface area contributed by atoms with Crippen molar-refractivity contribution in [2.45, 2.75) is 13.0 Å². The van der Waals surface area contributed by atoms with Gasteiger partial charge in [0.2, 0.25) is 0 Å². The average Bonchev–Trinajstić information content (AvgIpc) is 2.73. The third kappa shape index (κ3) is 3.74. The minimum Gasteiger partial charge on any atom is -0.488 e. The zero-order chi connectivity index (χ0) is 19.5. The molecule has 3 aromatic rings. The van der Waals surface area contributed by atoms with E-state index < -0.39 is 12.1 Å². The lowest BCUT2D eigenvalue weighted by Crippen LogP contribution is -2.31. The summed E-state index contributed by atoms with van der Waals surface area (Å²) in [6.45, 7) is 1.67. The molecule has 0 saturated carbocycles.